The summed E-state index contributed by atoms with van der Waals surface area (Å²) in [4.78, 5) is 16.2. The largest absolute Gasteiger partial charge is 0.392 e. The van der Waals surface area contributed by atoms with Crippen molar-refractivity contribution in [2.45, 2.75) is 71.0 Å². The number of amides is 1. The molecule has 0 aliphatic heterocycles. The Labute approximate surface area is 192 Å². The second kappa shape index (κ2) is 12.0. The predicted molar refractivity (Wildman–Crippen MR) is 128 cm³/mol. The van der Waals surface area contributed by atoms with E-state index in [1.54, 1.807) is 12.3 Å². The molecule has 5 nitrogen and oxygen atoms in total. The quantitative estimate of drug-likeness (QED) is 0.303. The lowest BCUT2D eigenvalue weighted by molar-refractivity contribution is -0.116. The van der Waals surface area contributed by atoms with Gasteiger partial charge in [-0.25, -0.2) is 4.98 Å². The monoisotopic (exact) mass is 436 g/mol. The van der Waals surface area contributed by atoms with Gasteiger partial charge >= 0.3 is 0 Å². The average Bonchev–Trinajstić information content (AvgIpc) is 3.30. The molecule has 172 valence electrons. The normalized spacial score (nSPS) is 27.7. The van der Waals surface area contributed by atoms with Crippen molar-refractivity contribution in [2.75, 3.05) is 5.32 Å². The van der Waals surface area contributed by atoms with Gasteiger partial charge in [-0.15, -0.1) is 11.8 Å². The van der Waals surface area contributed by atoms with Crippen LogP contribution in [0.25, 0.3) is 0 Å². The van der Waals surface area contributed by atoms with Crippen molar-refractivity contribution in [3.05, 3.63) is 48.2 Å². The van der Waals surface area contributed by atoms with E-state index in [0.29, 0.717) is 30.5 Å². The van der Waals surface area contributed by atoms with Gasteiger partial charge in [0.05, 0.1) is 12.2 Å². The Bertz CT molecular complexity index is 868. The zero-order valence-electron chi connectivity index (χ0n) is 19.2. The molecule has 1 aromatic rings. The third-order valence-corrected chi connectivity index (χ3v) is 6.80. The van der Waals surface area contributed by atoms with Gasteiger partial charge in [-0.05, 0) is 68.9 Å². The third-order valence-electron chi connectivity index (χ3n) is 6.80. The van der Waals surface area contributed by atoms with E-state index in [-0.39, 0.29) is 23.8 Å². The van der Waals surface area contributed by atoms with Crippen molar-refractivity contribution in [3.8, 4) is 11.8 Å². The van der Waals surface area contributed by atoms with Gasteiger partial charge in [-0.1, -0.05) is 36.8 Å². The number of aromatic nitrogens is 1. The maximum absolute atomic E-state index is 12.0. The highest BCUT2D eigenvalue weighted by Gasteiger charge is 2.44. The molecule has 0 radical (unpaired) electrons. The van der Waals surface area contributed by atoms with E-state index in [1.807, 2.05) is 38.1 Å². The number of hydrogen-bond donors (Lipinski definition) is 3. The Morgan fingerprint density at radius 3 is 2.97 bits per heavy atom. The molecule has 0 aromatic carbocycles. The van der Waals surface area contributed by atoms with Crippen molar-refractivity contribution >= 4 is 11.7 Å². The number of aliphatic hydroxyl groups excluding tert-OH is 2. The lowest BCUT2D eigenvalue weighted by Gasteiger charge is -2.19. The maximum Gasteiger partial charge on any atom is 0.225 e. The number of allylic oxidation sites excluding steroid dienone is 2. The number of hydrogen-bond acceptors (Lipinski definition) is 4. The minimum Gasteiger partial charge on any atom is -0.392 e. The number of anilines is 1. The molecule has 3 N–H and O–H groups in total. The molecule has 5 heteroatoms. The van der Waals surface area contributed by atoms with Crippen LogP contribution in [0.2, 0.25) is 0 Å². The van der Waals surface area contributed by atoms with E-state index in [4.69, 9.17) is 0 Å². The number of pyridine rings is 1. The highest BCUT2D eigenvalue weighted by Crippen LogP contribution is 2.50. The molecule has 2 saturated carbocycles. The first-order valence-electron chi connectivity index (χ1n) is 11.8. The Morgan fingerprint density at radius 1 is 1.38 bits per heavy atom. The van der Waals surface area contributed by atoms with Crippen LogP contribution in [0, 0.1) is 35.5 Å². The summed E-state index contributed by atoms with van der Waals surface area (Å²) in [7, 11) is 0. The molecule has 32 heavy (non-hydrogen) atoms. The fraction of sp³-hybridized carbons (Fsp3) is 0.556. The van der Waals surface area contributed by atoms with Crippen molar-refractivity contribution in [1.29, 1.82) is 0 Å². The molecular formula is C27H36N2O3. The van der Waals surface area contributed by atoms with E-state index in [2.05, 4.69) is 28.2 Å². The van der Waals surface area contributed by atoms with E-state index in [9.17, 15) is 15.0 Å². The highest BCUT2D eigenvalue weighted by atomic mass is 16.3. The molecule has 1 heterocycles. The van der Waals surface area contributed by atoms with Crippen LogP contribution in [0.5, 0.6) is 0 Å². The molecule has 1 amide bonds. The Hall–Kier alpha value is -2.42. The molecule has 2 fully saturated rings. The maximum atomic E-state index is 12.0. The number of carbonyl (C=O) groups excluding carboxylic acids is 1. The van der Waals surface area contributed by atoms with Gasteiger partial charge in [0, 0.05) is 25.0 Å². The van der Waals surface area contributed by atoms with Crippen LogP contribution in [0.15, 0.2) is 48.2 Å². The summed E-state index contributed by atoms with van der Waals surface area (Å²) >= 11 is 0. The van der Waals surface area contributed by atoms with Gasteiger partial charge in [0.2, 0.25) is 5.91 Å². The Kier molecular flexibility index (Phi) is 9.08. The van der Waals surface area contributed by atoms with Crippen LogP contribution in [0.1, 0.15) is 58.8 Å². The number of nitrogens with one attached hydrogen (secondary N) is 1. The zero-order valence-corrected chi connectivity index (χ0v) is 19.2. The van der Waals surface area contributed by atoms with Gasteiger partial charge in [0.1, 0.15) is 5.82 Å². The molecule has 0 bridgehead atoms. The number of fused-ring (bicyclic) bond motifs is 1. The summed E-state index contributed by atoms with van der Waals surface area (Å²) in [6.45, 7) is 3.81. The van der Waals surface area contributed by atoms with E-state index in [1.165, 1.54) is 5.57 Å². The van der Waals surface area contributed by atoms with Gasteiger partial charge in [-0.2, -0.15) is 0 Å². The molecule has 3 rings (SSSR count). The predicted octanol–water partition coefficient (Wildman–Crippen LogP) is 4.49. The first kappa shape index (κ1) is 24.2. The van der Waals surface area contributed by atoms with Crippen LogP contribution < -0.4 is 5.32 Å². The first-order chi connectivity index (χ1) is 15.5. The molecule has 0 spiro atoms. The number of unbranched alkanes of at least 4 members (excludes halogenated alkanes) is 1. The lowest BCUT2D eigenvalue weighted by atomic mass is 9.89. The molecule has 6 atom stereocenters. The smallest absolute Gasteiger partial charge is 0.225 e. The fourth-order valence-electron chi connectivity index (χ4n) is 4.97. The number of rotatable bonds is 9. The van der Waals surface area contributed by atoms with E-state index in [0.717, 1.165) is 32.1 Å². The minimum atomic E-state index is -0.532. The Morgan fingerprint density at radius 2 is 2.22 bits per heavy atom. The summed E-state index contributed by atoms with van der Waals surface area (Å²) in [5.41, 5.74) is 1.45. The standard InChI is InChI=1S/C27H36N2O3/c1-3-4-9-19(2)24(30)14-13-22-23-17-20(16-21(23)18-25(22)31)10-5-6-12-27(32)29-26-11-7-8-15-28-26/h7-8,10-11,13-15,19,21-25,30-31H,5-6,9,12,16-18H2,1-2H3,(H,28,29,32)/b14-13+,20-10+/t19-,21-,22+,23-,24+,25+/m0/s1. The topological polar surface area (TPSA) is 82.5 Å². The van der Waals surface area contributed by atoms with Crippen LogP contribution in [0.4, 0.5) is 5.82 Å². The van der Waals surface area contributed by atoms with Gasteiger partial charge < -0.3 is 15.5 Å². The molecule has 1 aromatic heterocycles. The molecular weight excluding hydrogens is 400 g/mol. The van der Waals surface area contributed by atoms with Crippen molar-refractivity contribution in [2.24, 2.45) is 23.7 Å². The number of carbonyl (C=O) groups is 1. The zero-order chi connectivity index (χ0) is 22.9. The first-order valence-corrected chi connectivity index (χ1v) is 11.8. The summed E-state index contributed by atoms with van der Waals surface area (Å²) in [6.07, 6.45) is 12.7. The molecule has 0 saturated heterocycles. The van der Waals surface area contributed by atoms with Crippen LogP contribution in [-0.4, -0.2) is 33.3 Å². The molecule has 0 unspecified atom stereocenters. The second-order valence-corrected chi connectivity index (χ2v) is 9.21. The second-order valence-electron chi connectivity index (χ2n) is 9.21. The SMILES string of the molecule is CC#CC[C@H](C)[C@H](O)/C=C/[C@@H]1[C@H]2C/C(=C/CCCC(=O)Nc3ccccn3)C[C@H]2C[C@H]1O. The van der Waals surface area contributed by atoms with Crippen LogP contribution in [0.3, 0.4) is 0 Å². The summed E-state index contributed by atoms with van der Waals surface area (Å²) in [6, 6.07) is 5.46. The van der Waals surface area contributed by atoms with Gasteiger partial charge in [0.15, 0.2) is 0 Å². The average molecular weight is 437 g/mol. The molecule has 2 aliphatic carbocycles. The Balaban J connectivity index is 1.44. The van der Waals surface area contributed by atoms with E-state index >= 15 is 0 Å². The highest BCUT2D eigenvalue weighted by molar-refractivity contribution is 5.89. The molecule has 2 aliphatic rings. The van der Waals surface area contributed by atoms with Crippen molar-refractivity contribution in [1.82, 2.24) is 4.98 Å². The van der Waals surface area contributed by atoms with Gasteiger partial charge in [-0.3, -0.25) is 4.79 Å². The van der Waals surface area contributed by atoms with Crippen molar-refractivity contribution in [3.63, 3.8) is 0 Å². The summed E-state index contributed by atoms with van der Waals surface area (Å²) in [5.74, 6) is 7.63. The van der Waals surface area contributed by atoms with Gasteiger partial charge in [0.25, 0.3) is 0 Å². The summed E-state index contributed by atoms with van der Waals surface area (Å²) in [5, 5.41) is 23.7. The van der Waals surface area contributed by atoms with E-state index < -0.39 is 6.10 Å². The van der Waals surface area contributed by atoms with Crippen LogP contribution >= 0.6 is 0 Å². The third kappa shape index (κ3) is 6.79. The van der Waals surface area contributed by atoms with Crippen LogP contribution in [-0.2, 0) is 4.79 Å². The minimum absolute atomic E-state index is 0.00332. The number of nitrogens with zero attached hydrogens (tertiary/aromatic N) is 1. The van der Waals surface area contributed by atoms with Crippen molar-refractivity contribution < 1.29 is 15.0 Å². The fourth-order valence-corrected chi connectivity index (χ4v) is 4.97. The number of aliphatic hydroxyl groups is 2. The lowest BCUT2D eigenvalue weighted by Crippen LogP contribution is -2.19. The summed E-state index contributed by atoms with van der Waals surface area (Å²) < 4.78 is 0.